The van der Waals surface area contributed by atoms with Gasteiger partial charge in [-0.1, -0.05) is 17.7 Å². The summed E-state index contributed by atoms with van der Waals surface area (Å²) in [5.74, 6) is 0.232. The Bertz CT molecular complexity index is 333. The maximum Gasteiger partial charge on any atom is 0.173 e. The maximum atomic E-state index is 13.4. The molecule has 1 aromatic carbocycles. The highest BCUT2D eigenvalue weighted by Crippen LogP contribution is 2.28. The summed E-state index contributed by atoms with van der Waals surface area (Å²) in [4.78, 5) is 0. The van der Waals surface area contributed by atoms with Crippen LogP contribution in [-0.4, -0.2) is 19.7 Å². The fourth-order valence-electron chi connectivity index (χ4n) is 1.89. The van der Waals surface area contributed by atoms with Crippen molar-refractivity contribution in [3.05, 3.63) is 29.0 Å². The molecule has 2 rings (SSSR count). The highest BCUT2D eigenvalue weighted by Gasteiger charge is 2.15. The molecule has 1 N–H and O–H groups in total. The number of nitrogens with one attached hydrogen (secondary N) is 1. The molecule has 16 heavy (non-hydrogen) atoms. The zero-order valence-corrected chi connectivity index (χ0v) is 9.77. The van der Waals surface area contributed by atoms with Crippen molar-refractivity contribution >= 4 is 11.6 Å². The number of benzene rings is 1. The van der Waals surface area contributed by atoms with Gasteiger partial charge in [-0.15, -0.1) is 0 Å². The lowest BCUT2D eigenvalue weighted by molar-refractivity contribution is 0.211. The third kappa shape index (κ3) is 2.86. The number of ether oxygens (including phenoxy) is 1. The van der Waals surface area contributed by atoms with Gasteiger partial charge in [0.15, 0.2) is 11.6 Å². The molecule has 1 aliphatic rings. The molecule has 1 saturated heterocycles. The molecule has 4 heteroatoms. The molecule has 0 spiro atoms. The molecule has 0 amide bonds. The second kappa shape index (κ2) is 5.51. The van der Waals surface area contributed by atoms with Crippen LogP contribution in [0, 0.1) is 11.7 Å². The van der Waals surface area contributed by atoms with Gasteiger partial charge in [0.2, 0.25) is 0 Å². The molecule has 1 aromatic rings. The minimum atomic E-state index is -0.392. The van der Waals surface area contributed by atoms with Crippen molar-refractivity contribution in [2.75, 3.05) is 19.7 Å². The first-order valence-corrected chi connectivity index (χ1v) is 5.92. The van der Waals surface area contributed by atoms with Crippen molar-refractivity contribution in [2.24, 2.45) is 5.92 Å². The molecule has 2 nitrogen and oxygen atoms in total. The van der Waals surface area contributed by atoms with Crippen LogP contribution in [0.1, 0.15) is 12.8 Å². The lowest BCUT2D eigenvalue weighted by atomic mass is 10.0. The van der Waals surface area contributed by atoms with Crippen molar-refractivity contribution in [1.82, 2.24) is 5.32 Å². The van der Waals surface area contributed by atoms with Gasteiger partial charge in [0, 0.05) is 12.5 Å². The molecule has 1 unspecified atom stereocenters. The second-order valence-corrected chi connectivity index (χ2v) is 4.48. The Morgan fingerprint density at radius 3 is 3.06 bits per heavy atom. The van der Waals surface area contributed by atoms with Gasteiger partial charge in [-0.3, -0.25) is 0 Å². The first-order chi connectivity index (χ1) is 7.77. The molecule has 1 heterocycles. The minimum Gasteiger partial charge on any atom is -0.489 e. The summed E-state index contributed by atoms with van der Waals surface area (Å²) in [5.41, 5.74) is 0. The second-order valence-electron chi connectivity index (χ2n) is 4.07. The lowest BCUT2D eigenvalue weighted by Crippen LogP contribution is -2.33. The van der Waals surface area contributed by atoms with Crippen molar-refractivity contribution in [3.63, 3.8) is 0 Å². The Morgan fingerprint density at radius 1 is 1.50 bits per heavy atom. The Hall–Kier alpha value is -0.800. The average molecular weight is 244 g/mol. The summed E-state index contributed by atoms with van der Waals surface area (Å²) in [6.07, 6.45) is 2.28. The van der Waals surface area contributed by atoms with E-state index in [1.165, 1.54) is 6.07 Å². The molecule has 0 saturated carbocycles. The highest BCUT2D eigenvalue weighted by atomic mass is 35.5. The normalized spacial score (nSPS) is 20.8. The molecule has 0 aliphatic carbocycles. The number of piperidine rings is 1. The first-order valence-electron chi connectivity index (χ1n) is 5.55. The predicted molar refractivity (Wildman–Crippen MR) is 62.5 cm³/mol. The monoisotopic (exact) mass is 243 g/mol. The van der Waals surface area contributed by atoms with E-state index >= 15 is 0 Å². The number of hydrogen-bond acceptors (Lipinski definition) is 2. The molecule has 0 bridgehead atoms. The van der Waals surface area contributed by atoms with Gasteiger partial charge in [0.25, 0.3) is 0 Å². The summed E-state index contributed by atoms with van der Waals surface area (Å²) in [5, 5.41) is 3.63. The van der Waals surface area contributed by atoms with Crippen molar-refractivity contribution in [2.45, 2.75) is 12.8 Å². The Kier molecular flexibility index (Phi) is 4.02. The Balaban J connectivity index is 1.93. The number of para-hydroxylation sites is 1. The highest BCUT2D eigenvalue weighted by molar-refractivity contribution is 6.32. The number of halogens is 2. The topological polar surface area (TPSA) is 21.3 Å². The van der Waals surface area contributed by atoms with Crippen LogP contribution in [0.4, 0.5) is 4.39 Å². The largest absolute Gasteiger partial charge is 0.489 e. The van der Waals surface area contributed by atoms with E-state index in [9.17, 15) is 4.39 Å². The van der Waals surface area contributed by atoms with Crippen LogP contribution in [0.15, 0.2) is 18.2 Å². The summed E-state index contributed by atoms with van der Waals surface area (Å²) < 4.78 is 18.8. The van der Waals surface area contributed by atoms with Gasteiger partial charge in [-0.2, -0.15) is 0 Å². The molecule has 0 radical (unpaired) electrons. The fraction of sp³-hybridized carbons (Fsp3) is 0.500. The van der Waals surface area contributed by atoms with Crippen LogP contribution in [-0.2, 0) is 0 Å². The van der Waals surface area contributed by atoms with Crippen LogP contribution in [0.5, 0.6) is 5.75 Å². The quantitative estimate of drug-likeness (QED) is 0.882. The van der Waals surface area contributed by atoms with Crippen LogP contribution in [0.3, 0.4) is 0 Å². The third-order valence-electron chi connectivity index (χ3n) is 2.78. The molecule has 1 atom stereocenters. The summed E-state index contributed by atoms with van der Waals surface area (Å²) in [6.45, 7) is 2.52. The van der Waals surface area contributed by atoms with E-state index in [2.05, 4.69) is 5.32 Å². The maximum absolute atomic E-state index is 13.4. The van der Waals surface area contributed by atoms with E-state index in [0.29, 0.717) is 17.5 Å². The molecule has 1 fully saturated rings. The Morgan fingerprint density at radius 2 is 2.38 bits per heavy atom. The molecule has 1 aliphatic heterocycles. The van der Waals surface area contributed by atoms with E-state index in [1.54, 1.807) is 12.1 Å². The van der Waals surface area contributed by atoms with Gasteiger partial charge >= 0.3 is 0 Å². The van der Waals surface area contributed by atoms with E-state index in [0.717, 1.165) is 25.9 Å². The zero-order chi connectivity index (χ0) is 11.4. The predicted octanol–water partition coefficient (Wildman–Crippen LogP) is 2.86. The lowest BCUT2D eigenvalue weighted by Gasteiger charge is -2.23. The third-order valence-corrected chi connectivity index (χ3v) is 3.08. The van der Waals surface area contributed by atoms with Crippen LogP contribution >= 0.6 is 11.6 Å². The molecule has 88 valence electrons. The SMILES string of the molecule is Fc1cccc(Cl)c1OCC1CCCNC1. The van der Waals surface area contributed by atoms with Crippen molar-refractivity contribution < 1.29 is 9.13 Å². The van der Waals surface area contributed by atoms with Crippen molar-refractivity contribution in [3.8, 4) is 5.75 Å². The zero-order valence-electron chi connectivity index (χ0n) is 9.01. The van der Waals surface area contributed by atoms with Crippen molar-refractivity contribution in [1.29, 1.82) is 0 Å². The molecular weight excluding hydrogens is 229 g/mol. The summed E-state index contributed by atoms with van der Waals surface area (Å²) in [6, 6.07) is 4.58. The number of rotatable bonds is 3. The van der Waals surface area contributed by atoms with Crippen LogP contribution in [0.25, 0.3) is 0 Å². The summed E-state index contributed by atoms with van der Waals surface area (Å²) >= 11 is 5.87. The molecule has 0 aromatic heterocycles. The van der Waals surface area contributed by atoms with E-state index in [1.807, 2.05) is 0 Å². The minimum absolute atomic E-state index is 0.176. The standard InChI is InChI=1S/C12H15ClFNO/c13-10-4-1-5-11(14)12(10)16-8-9-3-2-6-15-7-9/h1,4-5,9,15H,2-3,6-8H2. The number of hydrogen-bond donors (Lipinski definition) is 1. The van der Waals surface area contributed by atoms with Gasteiger partial charge in [-0.25, -0.2) is 4.39 Å². The van der Waals surface area contributed by atoms with Crippen LogP contribution in [0.2, 0.25) is 5.02 Å². The van der Waals surface area contributed by atoms with Gasteiger partial charge < -0.3 is 10.1 Å². The van der Waals surface area contributed by atoms with Gasteiger partial charge in [0.1, 0.15) is 0 Å². The first kappa shape index (κ1) is 11.7. The van der Waals surface area contributed by atoms with Gasteiger partial charge in [-0.05, 0) is 31.5 Å². The van der Waals surface area contributed by atoms with Crippen LogP contribution < -0.4 is 10.1 Å². The summed E-state index contributed by atoms with van der Waals surface area (Å²) in [7, 11) is 0. The van der Waals surface area contributed by atoms with Gasteiger partial charge in [0.05, 0.1) is 11.6 Å². The van der Waals surface area contributed by atoms with E-state index in [4.69, 9.17) is 16.3 Å². The Labute approximate surface area is 99.7 Å². The fourth-order valence-corrected chi connectivity index (χ4v) is 2.11. The van der Waals surface area contributed by atoms with E-state index in [-0.39, 0.29) is 5.75 Å². The molecular formula is C12H15ClFNO. The van der Waals surface area contributed by atoms with E-state index < -0.39 is 5.82 Å². The smallest absolute Gasteiger partial charge is 0.173 e. The average Bonchev–Trinajstić information content (AvgIpc) is 2.30.